The van der Waals surface area contributed by atoms with Gasteiger partial charge in [0.1, 0.15) is 5.76 Å². The molecule has 0 saturated heterocycles. The molecule has 0 unspecified atom stereocenters. The second-order valence-electron chi connectivity index (χ2n) is 6.16. The minimum Gasteiger partial charge on any atom is -0.507 e. The third-order valence-corrected chi connectivity index (χ3v) is 4.97. The van der Waals surface area contributed by atoms with Crippen molar-refractivity contribution in [2.45, 2.75) is 45.5 Å². The first-order valence-corrected chi connectivity index (χ1v) is 10.5. The third-order valence-electron chi connectivity index (χ3n) is 3.11. The van der Waals surface area contributed by atoms with E-state index in [4.69, 9.17) is 0 Å². The maximum absolute atomic E-state index is 11.7. The second-order valence-corrected chi connectivity index (χ2v) is 11.8. The van der Waals surface area contributed by atoms with E-state index in [2.05, 4.69) is 19.6 Å². The number of ketones is 1. The molecule has 0 aliphatic heterocycles. The Bertz CT molecular complexity index is 455. The highest BCUT2D eigenvalue weighted by Crippen LogP contribution is 2.23. The highest BCUT2D eigenvalue weighted by atomic mass is 28.3. The largest absolute Gasteiger partial charge is 0.507 e. The summed E-state index contributed by atoms with van der Waals surface area (Å²) in [5.41, 5.74) is 1.28. The van der Waals surface area contributed by atoms with E-state index in [0.717, 1.165) is 12.0 Å². The molecule has 1 aromatic carbocycles. The molecule has 0 saturated carbocycles. The van der Waals surface area contributed by atoms with Crippen molar-refractivity contribution < 1.29 is 9.90 Å². The molecule has 0 radical (unpaired) electrons. The van der Waals surface area contributed by atoms with Gasteiger partial charge in [-0.1, -0.05) is 62.4 Å². The van der Waals surface area contributed by atoms with Crippen LogP contribution in [0.2, 0.25) is 25.7 Å². The number of carbonyl (C=O) groups excluding carboxylic acids is 1. The average molecular weight is 276 g/mol. The first-order valence-electron chi connectivity index (χ1n) is 6.80. The van der Waals surface area contributed by atoms with Crippen LogP contribution in [-0.2, 0) is 4.79 Å². The fraction of sp³-hybridized carbons (Fsp3) is 0.438. The maximum Gasteiger partial charge on any atom is 0.159 e. The summed E-state index contributed by atoms with van der Waals surface area (Å²) in [7, 11) is -1.09. The number of Topliss-reactive ketones (excluding diaryl/α,β-unsaturated/α-hetero) is 1. The van der Waals surface area contributed by atoms with Gasteiger partial charge in [-0.25, -0.2) is 0 Å². The monoisotopic (exact) mass is 276 g/mol. The van der Waals surface area contributed by atoms with Crippen molar-refractivity contribution in [3.05, 3.63) is 41.5 Å². The molecular formula is C16H24O2Si. The molecule has 19 heavy (non-hydrogen) atoms. The van der Waals surface area contributed by atoms with Crippen molar-refractivity contribution in [1.82, 2.24) is 0 Å². The fourth-order valence-corrected chi connectivity index (χ4v) is 3.26. The van der Waals surface area contributed by atoms with Crippen molar-refractivity contribution >= 4 is 19.6 Å². The zero-order chi connectivity index (χ0) is 14.5. The summed E-state index contributed by atoms with van der Waals surface area (Å²) >= 11 is 0. The number of hydrogen-bond acceptors (Lipinski definition) is 2. The molecular weight excluding hydrogens is 252 g/mol. The quantitative estimate of drug-likeness (QED) is 0.466. The summed E-state index contributed by atoms with van der Waals surface area (Å²) < 4.78 is 0. The van der Waals surface area contributed by atoms with Crippen molar-refractivity contribution in [2.24, 2.45) is 0 Å². The predicted octanol–water partition coefficient (Wildman–Crippen LogP) is 4.66. The van der Waals surface area contributed by atoms with Crippen molar-refractivity contribution in [3.8, 4) is 0 Å². The minimum atomic E-state index is -1.09. The average Bonchev–Trinajstić information content (AvgIpc) is 2.33. The maximum atomic E-state index is 11.7. The van der Waals surface area contributed by atoms with E-state index < -0.39 is 8.07 Å². The molecule has 104 valence electrons. The van der Waals surface area contributed by atoms with Crippen LogP contribution in [0.5, 0.6) is 0 Å². The van der Waals surface area contributed by atoms with Crippen LogP contribution in [0.15, 0.2) is 35.9 Å². The van der Waals surface area contributed by atoms with E-state index in [1.807, 2.05) is 30.3 Å². The summed E-state index contributed by atoms with van der Waals surface area (Å²) in [5.74, 6) is 0.112. The van der Waals surface area contributed by atoms with Crippen LogP contribution in [-0.4, -0.2) is 19.0 Å². The third kappa shape index (κ3) is 5.43. The van der Waals surface area contributed by atoms with Gasteiger partial charge in [-0.3, -0.25) is 4.79 Å². The lowest BCUT2D eigenvalue weighted by Crippen LogP contribution is -2.19. The van der Waals surface area contributed by atoms with Crippen LogP contribution < -0.4 is 0 Å². The van der Waals surface area contributed by atoms with E-state index >= 15 is 0 Å². The summed E-state index contributed by atoms with van der Waals surface area (Å²) in [5, 5.41) is 10.3. The van der Waals surface area contributed by atoms with Crippen LogP contribution in [0.4, 0.5) is 0 Å². The van der Waals surface area contributed by atoms with E-state index in [1.165, 1.54) is 13.0 Å². The van der Waals surface area contributed by atoms with Crippen LogP contribution in [0.25, 0.3) is 5.76 Å². The van der Waals surface area contributed by atoms with Crippen molar-refractivity contribution in [1.29, 1.82) is 0 Å². The molecule has 2 nitrogen and oxygen atoms in total. The molecule has 0 heterocycles. The highest BCUT2D eigenvalue weighted by Gasteiger charge is 2.16. The topological polar surface area (TPSA) is 37.3 Å². The van der Waals surface area contributed by atoms with Gasteiger partial charge in [0.25, 0.3) is 0 Å². The van der Waals surface area contributed by atoms with Gasteiger partial charge in [0, 0.05) is 19.2 Å². The molecule has 1 N–H and O–H groups in total. The normalized spacial score (nSPS) is 13.1. The fourth-order valence-electron chi connectivity index (χ4n) is 2.03. The molecule has 0 fully saturated rings. The van der Waals surface area contributed by atoms with Gasteiger partial charge >= 0.3 is 0 Å². The van der Waals surface area contributed by atoms with Gasteiger partial charge in [-0.2, -0.15) is 0 Å². The molecule has 1 rings (SSSR count). The number of aliphatic hydroxyl groups is 1. The van der Waals surface area contributed by atoms with Gasteiger partial charge in [-0.15, -0.1) is 0 Å². The van der Waals surface area contributed by atoms with Crippen molar-refractivity contribution in [3.63, 3.8) is 0 Å². The Balaban J connectivity index is 2.85. The first kappa shape index (κ1) is 15.7. The van der Waals surface area contributed by atoms with E-state index in [0.29, 0.717) is 12.0 Å². The SMILES string of the molecule is CC(=O)C(CCC[Si](C)(C)C)=C(O)c1ccccc1. The van der Waals surface area contributed by atoms with Gasteiger partial charge in [0.2, 0.25) is 0 Å². The number of aliphatic hydroxyl groups excluding tert-OH is 1. The zero-order valence-corrected chi connectivity index (χ0v) is 13.4. The van der Waals surface area contributed by atoms with Gasteiger partial charge in [-0.05, 0) is 13.3 Å². The Hall–Kier alpha value is -1.35. The predicted molar refractivity (Wildman–Crippen MR) is 84.1 cm³/mol. The summed E-state index contributed by atoms with van der Waals surface area (Å²) in [4.78, 5) is 11.7. The molecule has 0 bridgehead atoms. The lowest BCUT2D eigenvalue weighted by Gasteiger charge is -2.16. The minimum absolute atomic E-state index is 0.0306. The van der Waals surface area contributed by atoms with E-state index in [-0.39, 0.29) is 11.5 Å². The summed E-state index contributed by atoms with van der Waals surface area (Å²) in [6.45, 7) is 8.49. The zero-order valence-electron chi connectivity index (χ0n) is 12.4. The molecule has 0 aliphatic rings. The second kappa shape index (κ2) is 6.71. The summed E-state index contributed by atoms with van der Waals surface area (Å²) in [6.07, 6.45) is 1.64. The molecule has 0 atom stereocenters. The number of hydrogen-bond donors (Lipinski definition) is 1. The van der Waals surface area contributed by atoms with Crippen LogP contribution in [0, 0.1) is 0 Å². The standard InChI is InChI=1S/C16H24O2Si/c1-13(17)15(11-8-12-19(2,3)4)16(18)14-9-6-5-7-10-14/h5-7,9-10,18H,8,11-12H2,1-4H3. The van der Waals surface area contributed by atoms with Gasteiger partial charge < -0.3 is 5.11 Å². The Morgan fingerprint density at radius 3 is 2.21 bits per heavy atom. The Labute approximate surface area is 117 Å². The molecule has 0 aromatic heterocycles. The smallest absolute Gasteiger partial charge is 0.159 e. The molecule has 0 aliphatic carbocycles. The van der Waals surface area contributed by atoms with Crippen LogP contribution >= 0.6 is 0 Å². The van der Waals surface area contributed by atoms with Crippen LogP contribution in [0.1, 0.15) is 25.3 Å². The lowest BCUT2D eigenvalue weighted by atomic mass is 10.0. The van der Waals surface area contributed by atoms with Gasteiger partial charge in [0.15, 0.2) is 5.78 Å². The molecule has 3 heteroatoms. The van der Waals surface area contributed by atoms with Crippen LogP contribution in [0.3, 0.4) is 0 Å². The lowest BCUT2D eigenvalue weighted by molar-refractivity contribution is -0.113. The molecule has 0 amide bonds. The van der Waals surface area contributed by atoms with Gasteiger partial charge in [0.05, 0.1) is 0 Å². The number of rotatable bonds is 6. The Kier molecular flexibility index (Phi) is 5.55. The number of allylic oxidation sites excluding steroid dienone is 1. The Morgan fingerprint density at radius 2 is 1.74 bits per heavy atom. The molecule has 1 aromatic rings. The molecule has 0 spiro atoms. The Morgan fingerprint density at radius 1 is 1.16 bits per heavy atom. The summed E-state index contributed by atoms with van der Waals surface area (Å²) in [6, 6.07) is 10.5. The number of benzene rings is 1. The first-order chi connectivity index (χ1) is 8.81. The van der Waals surface area contributed by atoms with E-state index in [9.17, 15) is 9.90 Å². The van der Waals surface area contributed by atoms with Crippen molar-refractivity contribution in [2.75, 3.05) is 0 Å². The number of carbonyl (C=O) groups is 1. The van der Waals surface area contributed by atoms with E-state index in [1.54, 1.807) is 0 Å². The highest BCUT2D eigenvalue weighted by molar-refractivity contribution is 6.76.